The molecule has 0 aliphatic heterocycles. The smallest absolute Gasteiger partial charge is 0.112 e. The average Bonchev–Trinajstić information content (AvgIpc) is 2.96. The van der Waals surface area contributed by atoms with Crippen molar-refractivity contribution in [2.75, 3.05) is 0 Å². The van der Waals surface area contributed by atoms with Crippen LogP contribution < -0.4 is 18.6 Å². The van der Waals surface area contributed by atoms with Crippen LogP contribution >= 0.6 is 27.7 Å². The van der Waals surface area contributed by atoms with Gasteiger partial charge in [0.05, 0.1) is 0 Å². The largest absolute Gasteiger partial charge is 0.222 e. The SMILES string of the molecule is Brc1ccc(-c2c[se]c(Sc3ccccc3)[o+]2)cc1.[O-][Cl+3]([O-])([O-])[O-]. The van der Waals surface area contributed by atoms with Crippen LogP contribution in [0.15, 0.2) is 77.3 Å². The number of hydrogen-bond acceptors (Lipinski definition) is 5. The van der Waals surface area contributed by atoms with Crippen molar-refractivity contribution in [1.82, 2.24) is 0 Å². The van der Waals surface area contributed by atoms with E-state index in [1.165, 1.54) is 4.90 Å². The Balaban J connectivity index is 0.000000368. The molecule has 2 aromatic carbocycles. The number of halogens is 2. The molecule has 126 valence electrons. The predicted octanol–water partition coefficient (Wildman–Crippen LogP) is 0.442. The first-order valence-electron chi connectivity index (χ1n) is 6.33. The summed E-state index contributed by atoms with van der Waals surface area (Å²) in [6, 6.07) is 18.6. The maximum Gasteiger partial charge on any atom is -0.112 e. The second kappa shape index (κ2) is 9.14. The van der Waals surface area contributed by atoms with Crippen LogP contribution in [0.3, 0.4) is 0 Å². The van der Waals surface area contributed by atoms with Crippen molar-refractivity contribution >= 4 is 42.2 Å². The first-order valence-corrected chi connectivity index (χ1v) is 11.0. The Bertz CT molecular complexity index is 756. The molecular weight excluding hydrogens is 487 g/mol. The zero-order valence-corrected chi connectivity index (χ0v) is 16.8. The van der Waals surface area contributed by atoms with Crippen LogP contribution in [0.4, 0.5) is 0 Å². The van der Waals surface area contributed by atoms with Gasteiger partial charge in [0.2, 0.25) is 0 Å². The molecule has 5 nitrogen and oxygen atoms in total. The van der Waals surface area contributed by atoms with Crippen LogP contribution in [0.1, 0.15) is 0 Å². The van der Waals surface area contributed by atoms with E-state index in [-0.39, 0.29) is 0 Å². The molecule has 0 saturated heterocycles. The fourth-order valence-electron chi connectivity index (χ4n) is 1.61. The van der Waals surface area contributed by atoms with E-state index in [2.05, 4.69) is 45.1 Å². The Morgan fingerprint density at radius 2 is 1.50 bits per heavy atom. The molecule has 0 bridgehead atoms. The number of rotatable bonds is 3. The summed E-state index contributed by atoms with van der Waals surface area (Å²) in [5, 5.41) is 0. The molecule has 9 heteroatoms. The fourth-order valence-corrected chi connectivity index (χ4v) is 4.80. The van der Waals surface area contributed by atoms with E-state index in [4.69, 9.17) is 23.1 Å². The number of benzene rings is 2. The van der Waals surface area contributed by atoms with E-state index in [0.29, 0.717) is 14.5 Å². The van der Waals surface area contributed by atoms with Crippen molar-refractivity contribution in [3.63, 3.8) is 0 Å². The molecule has 0 saturated carbocycles. The molecule has 24 heavy (non-hydrogen) atoms. The average molecular weight is 497 g/mol. The number of hydrogen-bond donors (Lipinski definition) is 0. The summed E-state index contributed by atoms with van der Waals surface area (Å²) in [5.74, 6) is 0.978. The summed E-state index contributed by atoms with van der Waals surface area (Å²) in [4.78, 5) is 3.42. The molecular formula is C15H10BrClO5SSe. The Kier molecular flexibility index (Phi) is 7.49. The molecule has 0 N–H and O–H groups in total. The summed E-state index contributed by atoms with van der Waals surface area (Å²) in [6.07, 6.45) is 0. The van der Waals surface area contributed by atoms with Gasteiger partial charge in [-0.1, -0.05) is 0 Å². The maximum atomic E-state index is 8.49. The molecule has 0 aliphatic carbocycles. The molecule has 0 aliphatic rings. The van der Waals surface area contributed by atoms with Gasteiger partial charge in [-0.25, -0.2) is 18.6 Å². The van der Waals surface area contributed by atoms with E-state index < -0.39 is 10.2 Å². The molecule has 1 heterocycles. The van der Waals surface area contributed by atoms with Gasteiger partial charge >= 0.3 is 131 Å². The van der Waals surface area contributed by atoms with Crippen molar-refractivity contribution in [3.8, 4) is 11.3 Å². The van der Waals surface area contributed by atoms with Gasteiger partial charge in [0.25, 0.3) is 0 Å². The monoisotopic (exact) mass is 496 g/mol. The van der Waals surface area contributed by atoms with Gasteiger partial charge < -0.3 is 0 Å². The van der Waals surface area contributed by atoms with Crippen LogP contribution in [0.2, 0.25) is 0 Å². The zero-order chi connectivity index (χ0) is 17.6. The second-order valence-electron chi connectivity index (χ2n) is 4.25. The van der Waals surface area contributed by atoms with Crippen LogP contribution in [-0.2, 0) is 0 Å². The van der Waals surface area contributed by atoms with Crippen LogP contribution in [0.25, 0.3) is 11.3 Å². The summed E-state index contributed by atoms with van der Waals surface area (Å²) in [5.41, 5.74) is 1.13. The van der Waals surface area contributed by atoms with Crippen LogP contribution in [0, 0.1) is 10.2 Å². The minimum atomic E-state index is -4.94. The van der Waals surface area contributed by atoms with Crippen molar-refractivity contribution in [2.45, 2.75) is 8.86 Å². The van der Waals surface area contributed by atoms with Crippen LogP contribution in [0.5, 0.6) is 0 Å². The Labute approximate surface area is 159 Å². The third-order valence-electron chi connectivity index (χ3n) is 2.53. The minimum absolute atomic E-state index is 0.295. The van der Waals surface area contributed by atoms with E-state index in [1.807, 2.05) is 30.3 Å². The first-order chi connectivity index (χ1) is 11.3. The molecule has 1 aromatic heterocycles. The van der Waals surface area contributed by atoms with Gasteiger partial charge in [0.1, 0.15) is 0 Å². The second-order valence-corrected chi connectivity index (χ2v) is 9.32. The van der Waals surface area contributed by atoms with Gasteiger partial charge in [-0.3, -0.25) is 0 Å². The standard InChI is InChI=1S/C15H10BrOSSe.ClHO4/c16-12-8-6-11(7-9-12)14-10-19-15(17-14)18-13-4-2-1-3-5-13;2-1(3,4)5/h1-10H;(H,2,3,4,5)/q+1;/p-1. The molecule has 0 amide bonds. The Hall–Kier alpha value is -0.671. The molecule has 0 radical (unpaired) electrons. The molecule has 0 atom stereocenters. The molecule has 0 spiro atoms. The molecule has 0 unspecified atom stereocenters. The summed E-state index contributed by atoms with van der Waals surface area (Å²) in [6.45, 7) is 0. The predicted molar refractivity (Wildman–Crippen MR) is 83.8 cm³/mol. The fraction of sp³-hybridized carbons (Fsp3) is 0. The van der Waals surface area contributed by atoms with E-state index in [0.717, 1.165) is 19.8 Å². The van der Waals surface area contributed by atoms with Crippen molar-refractivity contribution in [2.24, 2.45) is 0 Å². The van der Waals surface area contributed by atoms with Crippen molar-refractivity contribution in [1.29, 1.82) is 0 Å². The summed E-state index contributed by atoms with van der Waals surface area (Å²) < 4.78 is 42.1. The van der Waals surface area contributed by atoms with Gasteiger partial charge in [-0.2, -0.15) is 0 Å². The van der Waals surface area contributed by atoms with E-state index in [9.17, 15) is 0 Å². The minimum Gasteiger partial charge on any atom is -0.222 e. The van der Waals surface area contributed by atoms with Gasteiger partial charge in [0.15, 0.2) is 0 Å². The topological polar surface area (TPSA) is 104 Å². The third kappa shape index (κ3) is 7.48. The van der Waals surface area contributed by atoms with Gasteiger partial charge in [-0.05, 0) is 0 Å². The van der Waals surface area contributed by atoms with Gasteiger partial charge in [0, 0.05) is 0 Å². The Morgan fingerprint density at radius 1 is 0.917 bits per heavy atom. The van der Waals surface area contributed by atoms with Crippen molar-refractivity contribution < 1.29 is 33.3 Å². The maximum absolute atomic E-state index is 8.49. The van der Waals surface area contributed by atoms with E-state index >= 15 is 0 Å². The zero-order valence-electron chi connectivity index (χ0n) is 11.9. The quantitative estimate of drug-likeness (QED) is 0.385. The van der Waals surface area contributed by atoms with Crippen LogP contribution in [-0.4, -0.2) is 14.5 Å². The Morgan fingerprint density at radius 3 is 2.08 bits per heavy atom. The van der Waals surface area contributed by atoms with Gasteiger partial charge in [-0.15, -0.1) is 10.2 Å². The summed E-state index contributed by atoms with van der Waals surface area (Å²) >= 11 is 5.45. The normalized spacial score (nSPS) is 10.9. The summed E-state index contributed by atoms with van der Waals surface area (Å²) in [7, 11) is -4.94. The first kappa shape index (κ1) is 19.7. The molecule has 3 aromatic rings. The molecule has 3 rings (SSSR count). The van der Waals surface area contributed by atoms with E-state index in [1.54, 1.807) is 11.8 Å². The third-order valence-corrected chi connectivity index (χ3v) is 6.11. The van der Waals surface area contributed by atoms with Crippen molar-refractivity contribution in [3.05, 3.63) is 64.0 Å². The molecule has 0 fully saturated rings.